The fourth-order valence-electron chi connectivity index (χ4n) is 3.51. The van der Waals surface area contributed by atoms with Crippen molar-refractivity contribution < 1.29 is 19.4 Å². The van der Waals surface area contributed by atoms with Gasteiger partial charge < -0.3 is 19.9 Å². The molecule has 1 unspecified atom stereocenters. The quantitative estimate of drug-likeness (QED) is 0.606. The summed E-state index contributed by atoms with van der Waals surface area (Å²) < 4.78 is 12.6. The van der Waals surface area contributed by atoms with E-state index >= 15 is 0 Å². The third-order valence-corrected chi connectivity index (χ3v) is 4.75. The molecule has 0 bridgehead atoms. The van der Waals surface area contributed by atoms with E-state index in [-0.39, 0.29) is 25.5 Å². The lowest BCUT2D eigenvalue weighted by Gasteiger charge is -2.24. The Hall–Kier alpha value is -2.23. The van der Waals surface area contributed by atoms with Crippen LogP contribution in [0.3, 0.4) is 0 Å². The molecule has 27 heavy (non-hydrogen) atoms. The Bertz CT molecular complexity index is 871. The fourth-order valence-corrected chi connectivity index (χ4v) is 3.51. The number of ether oxygens (including phenoxy) is 2. The van der Waals surface area contributed by atoms with E-state index in [1.54, 1.807) is 32.9 Å². The summed E-state index contributed by atoms with van der Waals surface area (Å²) in [5.74, 6) is -0.201. The van der Waals surface area contributed by atoms with Crippen LogP contribution >= 0.6 is 0 Å². The lowest BCUT2D eigenvalue weighted by atomic mass is 9.91. The topological polar surface area (TPSA) is 123 Å². The van der Waals surface area contributed by atoms with E-state index in [2.05, 4.69) is 10.3 Å². The van der Waals surface area contributed by atoms with Crippen molar-refractivity contribution >= 4 is 5.91 Å². The molecule has 0 spiro atoms. The fraction of sp³-hybridized carbons (Fsp3) is 0.611. The number of hydrogen-bond donors (Lipinski definition) is 3. The van der Waals surface area contributed by atoms with Gasteiger partial charge in [-0.2, -0.15) is 0 Å². The summed E-state index contributed by atoms with van der Waals surface area (Å²) in [6, 6.07) is 0. The van der Waals surface area contributed by atoms with Gasteiger partial charge in [0.25, 0.3) is 5.56 Å². The van der Waals surface area contributed by atoms with Crippen LogP contribution in [0.5, 0.6) is 0 Å². The molecule has 0 aliphatic carbocycles. The molecular weight excluding hydrogens is 354 g/mol. The first-order valence-corrected chi connectivity index (χ1v) is 8.86. The number of amides is 1. The highest BCUT2D eigenvalue weighted by Crippen LogP contribution is 2.35. The molecular formula is C18H25N3O6. The number of aromatic amines is 1. The minimum Gasteiger partial charge on any atom is -0.388 e. The van der Waals surface area contributed by atoms with Gasteiger partial charge >= 0.3 is 5.69 Å². The molecule has 1 amide bonds. The molecule has 2 aliphatic rings. The summed E-state index contributed by atoms with van der Waals surface area (Å²) >= 11 is 0. The molecule has 1 saturated heterocycles. The van der Waals surface area contributed by atoms with Crippen molar-refractivity contribution in [3.8, 4) is 0 Å². The smallest absolute Gasteiger partial charge is 0.330 e. The van der Waals surface area contributed by atoms with Crippen LogP contribution in [0.25, 0.3) is 0 Å². The van der Waals surface area contributed by atoms with Gasteiger partial charge in [0, 0.05) is 24.7 Å². The molecule has 0 aromatic carbocycles. The highest BCUT2D eigenvalue weighted by molar-refractivity contribution is 5.77. The van der Waals surface area contributed by atoms with Gasteiger partial charge in [-0.3, -0.25) is 19.1 Å². The lowest BCUT2D eigenvalue weighted by Crippen LogP contribution is -2.39. The Balaban J connectivity index is 1.52. The van der Waals surface area contributed by atoms with Crippen molar-refractivity contribution in [1.29, 1.82) is 0 Å². The molecule has 9 nitrogen and oxygen atoms in total. The van der Waals surface area contributed by atoms with Crippen LogP contribution in [0.2, 0.25) is 0 Å². The van der Waals surface area contributed by atoms with Crippen LogP contribution in [-0.2, 0) is 14.3 Å². The zero-order valence-corrected chi connectivity index (χ0v) is 15.7. The number of carbonyl (C=O) groups excluding carboxylic acids is 1. The molecule has 1 aromatic rings. The summed E-state index contributed by atoms with van der Waals surface area (Å²) in [7, 11) is 0. The minimum absolute atomic E-state index is 0.140. The number of nitrogens with one attached hydrogen (secondary N) is 2. The van der Waals surface area contributed by atoms with E-state index < -0.39 is 34.8 Å². The van der Waals surface area contributed by atoms with E-state index in [4.69, 9.17) is 9.47 Å². The van der Waals surface area contributed by atoms with Crippen LogP contribution in [0.1, 0.15) is 38.5 Å². The molecule has 3 heterocycles. The average Bonchev–Trinajstić information content (AvgIpc) is 3.13. The summed E-state index contributed by atoms with van der Waals surface area (Å²) in [6.45, 7) is 5.55. The SMILES string of the molecule is Cc1cn([C@H]2C=C[C@@H](CNC(=O)CC3(C)C[C@@](C)(O)CO3)O2)c(=O)[nH]c1=O. The number of aryl methyl sites for hydroxylation is 1. The number of aliphatic hydroxyl groups is 1. The maximum atomic E-state index is 12.2. The zero-order chi connectivity index (χ0) is 19.8. The van der Waals surface area contributed by atoms with Gasteiger partial charge in [0.2, 0.25) is 5.91 Å². The van der Waals surface area contributed by atoms with Gasteiger partial charge in [-0.1, -0.05) is 6.08 Å². The molecule has 0 radical (unpaired) electrons. The van der Waals surface area contributed by atoms with E-state index in [0.29, 0.717) is 12.0 Å². The zero-order valence-electron chi connectivity index (χ0n) is 15.7. The predicted octanol–water partition coefficient (Wildman–Crippen LogP) is -0.265. The summed E-state index contributed by atoms with van der Waals surface area (Å²) in [5, 5.41) is 12.8. The second kappa shape index (κ2) is 7.06. The lowest BCUT2D eigenvalue weighted by molar-refractivity contribution is -0.126. The van der Waals surface area contributed by atoms with Gasteiger partial charge in [-0.15, -0.1) is 0 Å². The third-order valence-electron chi connectivity index (χ3n) is 4.75. The van der Waals surface area contributed by atoms with Crippen molar-refractivity contribution in [1.82, 2.24) is 14.9 Å². The number of aromatic nitrogens is 2. The second-order valence-corrected chi connectivity index (χ2v) is 7.82. The Morgan fingerprint density at radius 1 is 1.41 bits per heavy atom. The summed E-state index contributed by atoms with van der Waals surface area (Å²) in [5.41, 5.74) is -2.18. The predicted molar refractivity (Wildman–Crippen MR) is 96.3 cm³/mol. The van der Waals surface area contributed by atoms with E-state index in [1.165, 1.54) is 10.8 Å². The second-order valence-electron chi connectivity index (χ2n) is 7.82. The molecule has 4 atom stereocenters. The molecule has 9 heteroatoms. The number of nitrogens with zero attached hydrogens (tertiary/aromatic N) is 1. The van der Waals surface area contributed by atoms with Crippen LogP contribution in [-0.4, -0.2) is 51.0 Å². The number of hydrogen-bond acceptors (Lipinski definition) is 6. The van der Waals surface area contributed by atoms with Gasteiger partial charge in [0.1, 0.15) is 0 Å². The number of carbonyl (C=O) groups is 1. The maximum absolute atomic E-state index is 12.2. The maximum Gasteiger partial charge on any atom is 0.330 e. The molecule has 1 fully saturated rings. The Morgan fingerprint density at radius 2 is 2.15 bits per heavy atom. The van der Waals surface area contributed by atoms with Crippen molar-refractivity contribution in [2.75, 3.05) is 13.2 Å². The van der Waals surface area contributed by atoms with Gasteiger partial charge in [-0.25, -0.2) is 4.79 Å². The van der Waals surface area contributed by atoms with Crippen LogP contribution in [0.15, 0.2) is 27.9 Å². The molecule has 1 aromatic heterocycles. The van der Waals surface area contributed by atoms with Crippen molar-refractivity contribution in [3.05, 3.63) is 44.8 Å². The van der Waals surface area contributed by atoms with Gasteiger partial charge in [0.15, 0.2) is 6.23 Å². The molecule has 3 N–H and O–H groups in total. The molecule has 3 rings (SSSR count). The van der Waals surface area contributed by atoms with Gasteiger partial charge in [-0.05, 0) is 26.8 Å². The first kappa shape index (κ1) is 19.5. The Labute approximate surface area is 156 Å². The summed E-state index contributed by atoms with van der Waals surface area (Å²) in [4.78, 5) is 37.8. The normalized spacial score (nSPS) is 32.7. The van der Waals surface area contributed by atoms with Crippen molar-refractivity contribution in [2.24, 2.45) is 0 Å². The minimum atomic E-state index is -0.915. The third kappa shape index (κ3) is 4.55. The molecule has 148 valence electrons. The van der Waals surface area contributed by atoms with Crippen molar-refractivity contribution in [2.45, 2.75) is 57.1 Å². The van der Waals surface area contributed by atoms with Crippen LogP contribution < -0.4 is 16.6 Å². The largest absolute Gasteiger partial charge is 0.388 e. The van der Waals surface area contributed by atoms with Crippen molar-refractivity contribution in [3.63, 3.8) is 0 Å². The monoisotopic (exact) mass is 379 g/mol. The van der Waals surface area contributed by atoms with Crippen LogP contribution in [0.4, 0.5) is 0 Å². The first-order valence-electron chi connectivity index (χ1n) is 8.86. The standard InChI is InChI=1S/C18H25N3O6/c1-11-8-21(16(24)20-15(11)23)14-5-4-12(27-14)7-19-13(22)6-18(3)9-17(2,25)10-26-18/h4-5,8,12,14,25H,6-7,9-10H2,1-3H3,(H,19,22)(H,20,23,24)/t12-,14+,17+,18?/m0/s1. The van der Waals surface area contributed by atoms with Crippen LogP contribution in [0, 0.1) is 6.92 Å². The number of rotatable bonds is 5. The Morgan fingerprint density at radius 3 is 2.81 bits per heavy atom. The first-order chi connectivity index (χ1) is 12.6. The summed E-state index contributed by atoms with van der Waals surface area (Å²) in [6.07, 6.45) is 4.41. The molecule has 2 aliphatic heterocycles. The average molecular weight is 379 g/mol. The van der Waals surface area contributed by atoms with E-state index in [0.717, 1.165) is 0 Å². The van der Waals surface area contributed by atoms with Gasteiger partial charge in [0.05, 0.1) is 30.3 Å². The number of H-pyrrole nitrogens is 1. The highest BCUT2D eigenvalue weighted by atomic mass is 16.5. The highest BCUT2D eigenvalue weighted by Gasteiger charge is 2.43. The molecule has 0 saturated carbocycles. The van der Waals surface area contributed by atoms with E-state index in [1.807, 2.05) is 0 Å². The van der Waals surface area contributed by atoms with E-state index in [9.17, 15) is 19.5 Å². The Kier molecular flexibility index (Phi) is 5.11.